The number of rotatable bonds is 5. The molecule has 1 aromatic rings. The number of nitrogens with one attached hydrogen (secondary N) is 1. The number of benzene rings is 1. The van der Waals surface area contributed by atoms with Crippen LogP contribution in [0.2, 0.25) is 5.02 Å². The summed E-state index contributed by atoms with van der Waals surface area (Å²) in [6.07, 6.45) is -0.941. The lowest BCUT2D eigenvalue weighted by Gasteiger charge is -2.33. The molecule has 0 spiro atoms. The van der Waals surface area contributed by atoms with Gasteiger partial charge in [-0.3, -0.25) is 0 Å². The molecule has 0 aliphatic heterocycles. The second-order valence-corrected chi connectivity index (χ2v) is 5.94. The van der Waals surface area contributed by atoms with E-state index in [1.165, 1.54) is 11.0 Å². The van der Waals surface area contributed by atoms with Crippen molar-refractivity contribution in [3.63, 3.8) is 0 Å². The SMILES string of the molecule is CC(C)(C)N(CCNCc1ccc(F)c(Cl)c1)C(=O)O. The van der Waals surface area contributed by atoms with Crippen LogP contribution < -0.4 is 5.32 Å². The van der Waals surface area contributed by atoms with Crippen molar-refractivity contribution < 1.29 is 14.3 Å². The van der Waals surface area contributed by atoms with E-state index in [9.17, 15) is 9.18 Å². The van der Waals surface area contributed by atoms with Crippen LogP contribution in [0, 0.1) is 5.82 Å². The van der Waals surface area contributed by atoms with E-state index in [4.69, 9.17) is 16.7 Å². The Bertz CT molecular complexity index is 475. The zero-order chi connectivity index (χ0) is 15.3. The van der Waals surface area contributed by atoms with E-state index in [2.05, 4.69) is 5.32 Å². The lowest BCUT2D eigenvalue weighted by Crippen LogP contribution is -2.47. The maximum Gasteiger partial charge on any atom is 0.407 e. The Labute approximate surface area is 123 Å². The first-order valence-corrected chi connectivity index (χ1v) is 6.75. The van der Waals surface area contributed by atoms with Crippen LogP contribution in [-0.2, 0) is 6.54 Å². The van der Waals surface area contributed by atoms with Crippen LogP contribution >= 0.6 is 11.6 Å². The van der Waals surface area contributed by atoms with Crippen LogP contribution in [0.3, 0.4) is 0 Å². The second kappa shape index (κ2) is 6.90. The summed E-state index contributed by atoms with van der Waals surface area (Å²) in [5.41, 5.74) is 0.418. The van der Waals surface area contributed by atoms with E-state index in [0.717, 1.165) is 5.56 Å². The lowest BCUT2D eigenvalue weighted by molar-refractivity contribution is 0.101. The fraction of sp³-hybridized carbons (Fsp3) is 0.500. The van der Waals surface area contributed by atoms with Gasteiger partial charge in [0.1, 0.15) is 5.82 Å². The highest BCUT2D eigenvalue weighted by Gasteiger charge is 2.25. The number of carbonyl (C=O) groups is 1. The third-order valence-corrected chi connectivity index (χ3v) is 3.16. The van der Waals surface area contributed by atoms with E-state index in [0.29, 0.717) is 19.6 Å². The smallest absolute Gasteiger partial charge is 0.407 e. The number of halogens is 2. The molecule has 0 bridgehead atoms. The summed E-state index contributed by atoms with van der Waals surface area (Å²) >= 11 is 5.69. The molecular weight excluding hydrogens is 283 g/mol. The highest BCUT2D eigenvalue weighted by molar-refractivity contribution is 6.30. The van der Waals surface area contributed by atoms with Crippen molar-refractivity contribution in [3.05, 3.63) is 34.6 Å². The Kier molecular flexibility index (Phi) is 5.77. The van der Waals surface area contributed by atoms with Gasteiger partial charge in [-0.15, -0.1) is 0 Å². The number of carboxylic acid groups (broad SMARTS) is 1. The summed E-state index contributed by atoms with van der Waals surface area (Å²) in [5.74, 6) is -0.444. The van der Waals surface area contributed by atoms with Gasteiger partial charge < -0.3 is 15.3 Å². The van der Waals surface area contributed by atoms with Gasteiger partial charge in [0.05, 0.1) is 5.02 Å². The van der Waals surface area contributed by atoms with Gasteiger partial charge in [0, 0.05) is 25.2 Å². The zero-order valence-electron chi connectivity index (χ0n) is 11.9. The quantitative estimate of drug-likeness (QED) is 0.820. The average molecular weight is 303 g/mol. The topological polar surface area (TPSA) is 52.6 Å². The van der Waals surface area contributed by atoms with Crippen LogP contribution in [0.15, 0.2) is 18.2 Å². The maximum absolute atomic E-state index is 13.0. The van der Waals surface area contributed by atoms with Gasteiger partial charge in [-0.25, -0.2) is 9.18 Å². The fourth-order valence-electron chi connectivity index (χ4n) is 1.79. The summed E-state index contributed by atoms with van der Waals surface area (Å²) in [7, 11) is 0. The molecule has 2 N–H and O–H groups in total. The maximum atomic E-state index is 13.0. The summed E-state index contributed by atoms with van der Waals surface area (Å²) in [6, 6.07) is 4.52. The van der Waals surface area contributed by atoms with Crippen LogP contribution in [-0.4, -0.2) is 34.7 Å². The molecule has 0 aromatic heterocycles. The monoisotopic (exact) mass is 302 g/mol. The minimum atomic E-state index is -0.941. The second-order valence-electron chi connectivity index (χ2n) is 5.53. The third kappa shape index (κ3) is 4.98. The van der Waals surface area contributed by atoms with Crippen LogP contribution in [0.4, 0.5) is 9.18 Å². The van der Waals surface area contributed by atoms with Gasteiger partial charge in [-0.2, -0.15) is 0 Å². The predicted octanol–water partition coefficient (Wildman–Crippen LogP) is 3.35. The molecule has 0 aliphatic rings. The van der Waals surface area contributed by atoms with Gasteiger partial charge in [0.2, 0.25) is 0 Å². The molecule has 112 valence electrons. The largest absolute Gasteiger partial charge is 0.465 e. The Morgan fingerprint density at radius 1 is 1.45 bits per heavy atom. The van der Waals surface area contributed by atoms with Gasteiger partial charge in [0.15, 0.2) is 0 Å². The highest BCUT2D eigenvalue weighted by atomic mass is 35.5. The first kappa shape index (κ1) is 16.7. The number of amides is 1. The van der Waals surface area contributed by atoms with E-state index >= 15 is 0 Å². The Hall–Kier alpha value is -1.33. The Balaban J connectivity index is 2.44. The summed E-state index contributed by atoms with van der Waals surface area (Å²) in [6.45, 7) is 6.95. The first-order chi connectivity index (χ1) is 9.21. The minimum Gasteiger partial charge on any atom is -0.465 e. The molecule has 0 aliphatic carbocycles. The molecule has 1 aromatic carbocycles. The molecule has 0 unspecified atom stereocenters. The van der Waals surface area contributed by atoms with Crippen LogP contribution in [0.1, 0.15) is 26.3 Å². The van der Waals surface area contributed by atoms with Gasteiger partial charge >= 0.3 is 6.09 Å². The zero-order valence-corrected chi connectivity index (χ0v) is 12.7. The van der Waals surface area contributed by atoms with Crippen LogP contribution in [0.5, 0.6) is 0 Å². The van der Waals surface area contributed by atoms with Crippen molar-refractivity contribution in [3.8, 4) is 0 Å². The van der Waals surface area contributed by atoms with Crippen molar-refractivity contribution in [2.24, 2.45) is 0 Å². The minimum absolute atomic E-state index is 0.0890. The van der Waals surface area contributed by atoms with Gasteiger partial charge in [-0.05, 0) is 38.5 Å². The molecule has 4 nitrogen and oxygen atoms in total. The molecule has 1 amide bonds. The highest BCUT2D eigenvalue weighted by Crippen LogP contribution is 2.16. The standard InChI is InChI=1S/C14H20ClFN2O2/c1-14(2,3)18(13(19)20)7-6-17-9-10-4-5-12(16)11(15)8-10/h4-5,8,17H,6-7,9H2,1-3H3,(H,19,20). The molecule has 0 atom stereocenters. The van der Waals surface area contributed by atoms with Crippen molar-refractivity contribution >= 4 is 17.7 Å². The molecular formula is C14H20ClFN2O2. The predicted molar refractivity (Wildman–Crippen MR) is 77.6 cm³/mol. The summed E-state index contributed by atoms with van der Waals surface area (Å²) < 4.78 is 13.0. The summed E-state index contributed by atoms with van der Waals surface area (Å²) in [4.78, 5) is 12.5. The molecule has 0 saturated heterocycles. The van der Waals surface area contributed by atoms with Crippen molar-refractivity contribution in [2.75, 3.05) is 13.1 Å². The van der Waals surface area contributed by atoms with E-state index in [-0.39, 0.29) is 5.02 Å². The van der Waals surface area contributed by atoms with E-state index in [1.54, 1.807) is 12.1 Å². The number of nitrogens with zero attached hydrogens (tertiary/aromatic N) is 1. The molecule has 6 heteroatoms. The van der Waals surface area contributed by atoms with Crippen molar-refractivity contribution in [2.45, 2.75) is 32.9 Å². The number of hydrogen-bond donors (Lipinski definition) is 2. The number of hydrogen-bond acceptors (Lipinski definition) is 2. The van der Waals surface area contributed by atoms with Crippen molar-refractivity contribution in [1.29, 1.82) is 0 Å². The Morgan fingerprint density at radius 2 is 2.10 bits per heavy atom. The molecule has 0 radical (unpaired) electrons. The average Bonchev–Trinajstić information content (AvgIpc) is 2.31. The fourth-order valence-corrected chi connectivity index (χ4v) is 1.99. The van der Waals surface area contributed by atoms with Gasteiger partial charge in [-0.1, -0.05) is 17.7 Å². The lowest BCUT2D eigenvalue weighted by atomic mass is 10.1. The third-order valence-electron chi connectivity index (χ3n) is 2.87. The molecule has 20 heavy (non-hydrogen) atoms. The van der Waals surface area contributed by atoms with Crippen LogP contribution in [0.25, 0.3) is 0 Å². The van der Waals surface area contributed by atoms with Gasteiger partial charge in [0.25, 0.3) is 0 Å². The normalized spacial score (nSPS) is 11.4. The Morgan fingerprint density at radius 3 is 2.60 bits per heavy atom. The summed E-state index contributed by atoms with van der Waals surface area (Å²) in [5, 5.41) is 12.3. The molecule has 0 fully saturated rings. The van der Waals surface area contributed by atoms with E-state index < -0.39 is 17.4 Å². The van der Waals surface area contributed by atoms with Crippen molar-refractivity contribution in [1.82, 2.24) is 10.2 Å². The van der Waals surface area contributed by atoms with E-state index in [1.807, 2.05) is 20.8 Å². The first-order valence-electron chi connectivity index (χ1n) is 6.37. The molecule has 1 rings (SSSR count). The molecule has 0 saturated carbocycles. The molecule has 0 heterocycles.